The molecular weight excluding hydrogens is 275 g/mol. The summed E-state index contributed by atoms with van der Waals surface area (Å²) in [6, 6.07) is 0. The fraction of sp³-hybridized carbons (Fsp3) is 0.500. The Balaban J connectivity index is 2.05. The number of nitrogens with one attached hydrogen (secondary N) is 2. The summed E-state index contributed by atoms with van der Waals surface area (Å²) in [6.45, 7) is 3.14. The third-order valence-electron chi connectivity index (χ3n) is 3.69. The molecule has 1 amide bonds. The van der Waals surface area contributed by atoms with Crippen molar-refractivity contribution in [2.24, 2.45) is 0 Å². The number of anilines is 1. The van der Waals surface area contributed by atoms with E-state index in [0.29, 0.717) is 28.2 Å². The molecule has 0 spiro atoms. The molecule has 0 unspecified atom stereocenters. The van der Waals surface area contributed by atoms with Crippen molar-refractivity contribution in [1.29, 1.82) is 0 Å². The zero-order valence-corrected chi connectivity index (χ0v) is 12.0. The van der Waals surface area contributed by atoms with Crippen LogP contribution >= 0.6 is 0 Å². The SMILES string of the molecule is Cc1oc2ncnc(NC3(C)CC3)c2c1C(=O)NCCF. The highest BCUT2D eigenvalue weighted by Gasteiger charge is 2.38. The van der Waals surface area contributed by atoms with Crippen LogP contribution in [0.2, 0.25) is 0 Å². The van der Waals surface area contributed by atoms with Crippen LogP contribution in [-0.2, 0) is 0 Å². The van der Waals surface area contributed by atoms with Crippen molar-refractivity contribution in [2.45, 2.75) is 32.2 Å². The molecule has 0 bridgehead atoms. The molecule has 3 rings (SSSR count). The van der Waals surface area contributed by atoms with Crippen molar-refractivity contribution in [3.05, 3.63) is 17.7 Å². The van der Waals surface area contributed by atoms with Crippen molar-refractivity contribution in [1.82, 2.24) is 15.3 Å². The molecule has 1 aliphatic carbocycles. The number of aryl methyl sites for hydroxylation is 1. The lowest BCUT2D eigenvalue weighted by atomic mass is 10.1. The second-order valence-electron chi connectivity index (χ2n) is 5.57. The number of rotatable bonds is 5. The second kappa shape index (κ2) is 4.98. The average Bonchev–Trinajstić information content (AvgIpc) is 3.06. The van der Waals surface area contributed by atoms with Crippen LogP contribution < -0.4 is 10.6 Å². The van der Waals surface area contributed by atoms with E-state index < -0.39 is 6.67 Å². The lowest BCUT2D eigenvalue weighted by Crippen LogP contribution is -2.26. The molecule has 21 heavy (non-hydrogen) atoms. The normalized spacial score (nSPS) is 16.0. The molecule has 0 atom stereocenters. The summed E-state index contributed by atoms with van der Waals surface area (Å²) in [5.74, 6) is 0.663. The number of nitrogens with zero attached hydrogens (tertiary/aromatic N) is 2. The lowest BCUT2D eigenvalue weighted by Gasteiger charge is -2.13. The Hall–Kier alpha value is -2.18. The molecule has 1 aliphatic rings. The van der Waals surface area contributed by atoms with Gasteiger partial charge in [0.15, 0.2) is 0 Å². The van der Waals surface area contributed by atoms with Crippen molar-refractivity contribution in [3.8, 4) is 0 Å². The van der Waals surface area contributed by atoms with Gasteiger partial charge in [0.2, 0.25) is 5.71 Å². The Morgan fingerprint density at radius 3 is 2.90 bits per heavy atom. The molecule has 7 heteroatoms. The van der Waals surface area contributed by atoms with E-state index >= 15 is 0 Å². The van der Waals surface area contributed by atoms with Gasteiger partial charge in [0.05, 0.1) is 10.9 Å². The van der Waals surface area contributed by atoms with Gasteiger partial charge in [-0.05, 0) is 26.7 Å². The van der Waals surface area contributed by atoms with Crippen LogP contribution in [0.3, 0.4) is 0 Å². The molecule has 112 valence electrons. The standard InChI is InChI=1S/C14H17FN4O2/c1-8-9(12(20)16-6-5-15)10-11(19-14(2)3-4-14)17-7-18-13(10)21-8/h7H,3-6H2,1-2H3,(H,16,20)(H,17,18,19). The smallest absolute Gasteiger partial charge is 0.255 e. The van der Waals surface area contributed by atoms with Crippen LogP contribution in [0.25, 0.3) is 11.1 Å². The predicted octanol–water partition coefficient (Wildman–Crippen LogP) is 2.19. The minimum atomic E-state index is -0.611. The highest BCUT2D eigenvalue weighted by atomic mass is 19.1. The van der Waals surface area contributed by atoms with E-state index in [0.717, 1.165) is 12.8 Å². The van der Waals surface area contributed by atoms with Crippen LogP contribution in [0.15, 0.2) is 10.7 Å². The van der Waals surface area contributed by atoms with E-state index in [1.165, 1.54) is 6.33 Å². The maximum absolute atomic E-state index is 12.2. The van der Waals surface area contributed by atoms with E-state index in [9.17, 15) is 9.18 Å². The van der Waals surface area contributed by atoms with Gasteiger partial charge in [-0.15, -0.1) is 0 Å². The molecule has 6 nitrogen and oxygen atoms in total. The van der Waals surface area contributed by atoms with E-state index in [4.69, 9.17) is 4.42 Å². The van der Waals surface area contributed by atoms with Gasteiger partial charge in [-0.2, -0.15) is 0 Å². The van der Waals surface area contributed by atoms with Crippen LogP contribution in [0.1, 0.15) is 35.9 Å². The number of carbonyl (C=O) groups is 1. The first-order valence-corrected chi connectivity index (χ1v) is 6.90. The summed E-state index contributed by atoms with van der Waals surface area (Å²) in [5, 5.41) is 6.41. The Bertz CT molecular complexity index is 694. The highest BCUT2D eigenvalue weighted by Crippen LogP contribution is 2.40. The number of amides is 1. The highest BCUT2D eigenvalue weighted by molar-refractivity contribution is 6.10. The lowest BCUT2D eigenvalue weighted by molar-refractivity contribution is 0.0950. The van der Waals surface area contributed by atoms with Crippen molar-refractivity contribution in [2.75, 3.05) is 18.5 Å². The monoisotopic (exact) mass is 292 g/mol. The van der Waals surface area contributed by atoms with Gasteiger partial charge in [-0.1, -0.05) is 0 Å². The van der Waals surface area contributed by atoms with Gasteiger partial charge in [-0.3, -0.25) is 4.79 Å². The van der Waals surface area contributed by atoms with Crippen molar-refractivity contribution < 1.29 is 13.6 Å². The first-order chi connectivity index (χ1) is 10.0. The number of fused-ring (bicyclic) bond motifs is 1. The maximum Gasteiger partial charge on any atom is 0.255 e. The fourth-order valence-corrected chi connectivity index (χ4v) is 2.26. The van der Waals surface area contributed by atoms with Crippen LogP contribution in [0.4, 0.5) is 10.2 Å². The number of alkyl halides is 1. The van der Waals surface area contributed by atoms with Gasteiger partial charge in [0, 0.05) is 12.1 Å². The minimum absolute atomic E-state index is 0.0130. The molecule has 2 aromatic heterocycles. The molecule has 1 saturated carbocycles. The topological polar surface area (TPSA) is 80.1 Å². The van der Waals surface area contributed by atoms with Gasteiger partial charge in [-0.25, -0.2) is 14.4 Å². The number of carbonyl (C=O) groups excluding carboxylic acids is 1. The average molecular weight is 292 g/mol. The largest absolute Gasteiger partial charge is 0.442 e. The molecular formula is C14H17FN4O2. The van der Waals surface area contributed by atoms with Crippen LogP contribution in [0, 0.1) is 6.92 Å². The third-order valence-corrected chi connectivity index (χ3v) is 3.69. The molecule has 2 heterocycles. The molecule has 0 aliphatic heterocycles. The Morgan fingerprint density at radius 1 is 1.48 bits per heavy atom. The Morgan fingerprint density at radius 2 is 2.24 bits per heavy atom. The third kappa shape index (κ3) is 2.55. The number of hydrogen-bond acceptors (Lipinski definition) is 5. The fourth-order valence-electron chi connectivity index (χ4n) is 2.26. The molecule has 0 aromatic carbocycles. The number of hydrogen-bond donors (Lipinski definition) is 2. The first kappa shape index (κ1) is 13.8. The van der Waals surface area contributed by atoms with Gasteiger partial charge < -0.3 is 15.1 Å². The number of halogens is 1. The van der Waals surface area contributed by atoms with Gasteiger partial charge in [0.1, 0.15) is 24.6 Å². The zero-order chi connectivity index (χ0) is 15.0. The van der Waals surface area contributed by atoms with Crippen molar-refractivity contribution >= 4 is 22.8 Å². The maximum atomic E-state index is 12.2. The molecule has 2 aromatic rings. The summed E-state index contributed by atoms with van der Waals surface area (Å²) in [4.78, 5) is 20.5. The van der Waals surface area contributed by atoms with Gasteiger partial charge >= 0.3 is 0 Å². The van der Waals surface area contributed by atoms with Crippen LogP contribution in [-0.4, -0.2) is 34.6 Å². The Kier molecular flexibility index (Phi) is 3.27. The second-order valence-corrected chi connectivity index (χ2v) is 5.57. The predicted molar refractivity (Wildman–Crippen MR) is 76.1 cm³/mol. The molecule has 1 fully saturated rings. The zero-order valence-electron chi connectivity index (χ0n) is 12.0. The summed E-state index contributed by atoms with van der Waals surface area (Å²) in [6.07, 6.45) is 3.51. The first-order valence-electron chi connectivity index (χ1n) is 6.90. The quantitative estimate of drug-likeness (QED) is 0.883. The molecule has 0 saturated heterocycles. The number of furan rings is 1. The van der Waals surface area contributed by atoms with E-state index in [1.807, 2.05) is 0 Å². The van der Waals surface area contributed by atoms with Crippen LogP contribution in [0.5, 0.6) is 0 Å². The summed E-state index contributed by atoms with van der Waals surface area (Å²) in [5.41, 5.74) is 0.740. The molecule has 2 N–H and O–H groups in total. The van der Waals surface area contributed by atoms with E-state index in [1.54, 1.807) is 6.92 Å². The summed E-state index contributed by atoms with van der Waals surface area (Å²) < 4.78 is 17.8. The Labute approximate surface area is 121 Å². The summed E-state index contributed by atoms with van der Waals surface area (Å²) >= 11 is 0. The summed E-state index contributed by atoms with van der Waals surface area (Å²) in [7, 11) is 0. The molecule has 0 radical (unpaired) electrons. The number of aromatic nitrogens is 2. The van der Waals surface area contributed by atoms with E-state index in [-0.39, 0.29) is 18.0 Å². The van der Waals surface area contributed by atoms with Crippen molar-refractivity contribution in [3.63, 3.8) is 0 Å². The minimum Gasteiger partial charge on any atom is -0.442 e. The van der Waals surface area contributed by atoms with E-state index in [2.05, 4.69) is 27.5 Å². The van der Waals surface area contributed by atoms with Gasteiger partial charge in [0.25, 0.3) is 5.91 Å².